The molecule has 116 valence electrons. The van der Waals surface area contributed by atoms with Gasteiger partial charge in [0.05, 0.1) is 0 Å². The van der Waals surface area contributed by atoms with Gasteiger partial charge in [0.2, 0.25) is 0 Å². The third kappa shape index (κ3) is 3.14. The highest BCUT2D eigenvalue weighted by molar-refractivity contribution is 5.57. The van der Waals surface area contributed by atoms with E-state index in [1.54, 1.807) is 0 Å². The van der Waals surface area contributed by atoms with Gasteiger partial charge in [-0.25, -0.2) is 9.97 Å². The lowest BCUT2D eigenvalue weighted by atomic mass is 9.89. The van der Waals surface area contributed by atoms with Crippen LogP contribution in [0.15, 0.2) is 0 Å². The van der Waals surface area contributed by atoms with Crippen molar-refractivity contribution in [1.29, 1.82) is 0 Å². The number of aromatic nitrogens is 2. The number of aryl methyl sites for hydroxylation is 1. The van der Waals surface area contributed by atoms with E-state index < -0.39 is 0 Å². The molecule has 0 spiro atoms. The molecule has 3 atom stereocenters. The summed E-state index contributed by atoms with van der Waals surface area (Å²) >= 11 is 0. The molecule has 1 aromatic heterocycles. The van der Waals surface area contributed by atoms with Gasteiger partial charge in [0.1, 0.15) is 17.5 Å². The molecular weight excluding hydrogens is 260 g/mol. The lowest BCUT2D eigenvalue weighted by Crippen LogP contribution is -2.21. The van der Waals surface area contributed by atoms with Gasteiger partial charge < -0.3 is 10.6 Å². The molecule has 2 aliphatic carbocycles. The summed E-state index contributed by atoms with van der Waals surface area (Å²) in [6, 6.07) is 0. The van der Waals surface area contributed by atoms with Crippen molar-refractivity contribution in [2.45, 2.75) is 52.9 Å². The van der Waals surface area contributed by atoms with Gasteiger partial charge in [0, 0.05) is 18.7 Å². The quantitative estimate of drug-likeness (QED) is 0.836. The van der Waals surface area contributed by atoms with Crippen molar-refractivity contribution >= 4 is 11.6 Å². The molecule has 2 bridgehead atoms. The summed E-state index contributed by atoms with van der Waals surface area (Å²) in [5.74, 6) is 5.67. The standard InChI is InChI=1S/C17H28N4/c1-4-7-18-16-11(2)17(21-12(3)20-16)19-10-15-9-13-5-6-14(15)8-13/h13-15H,4-10H2,1-3H3,(H2,18,19,20,21). The van der Waals surface area contributed by atoms with E-state index >= 15 is 0 Å². The maximum atomic E-state index is 4.60. The van der Waals surface area contributed by atoms with Crippen molar-refractivity contribution < 1.29 is 0 Å². The van der Waals surface area contributed by atoms with Gasteiger partial charge in [-0.1, -0.05) is 13.3 Å². The Hall–Kier alpha value is -1.32. The average molecular weight is 288 g/mol. The molecule has 1 heterocycles. The van der Waals surface area contributed by atoms with Gasteiger partial charge >= 0.3 is 0 Å². The van der Waals surface area contributed by atoms with Crippen LogP contribution in [0.3, 0.4) is 0 Å². The molecule has 2 fully saturated rings. The lowest BCUT2D eigenvalue weighted by Gasteiger charge is -2.23. The van der Waals surface area contributed by atoms with Crippen molar-refractivity contribution in [2.75, 3.05) is 23.7 Å². The van der Waals surface area contributed by atoms with Crippen LogP contribution in [-0.2, 0) is 0 Å². The highest BCUT2D eigenvalue weighted by Crippen LogP contribution is 2.48. The number of rotatable bonds is 6. The predicted molar refractivity (Wildman–Crippen MR) is 87.7 cm³/mol. The molecule has 0 aromatic carbocycles. The van der Waals surface area contributed by atoms with Crippen molar-refractivity contribution in [3.8, 4) is 0 Å². The molecular formula is C17H28N4. The molecule has 2 aliphatic rings. The summed E-state index contributed by atoms with van der Waals surface area (Å²) < 4.78 is 0. The van der Waals surface area contributed by atoms with E-state index in [9.17, 15) is 0 Å². The van der Waals surface area contributed by atoms with E-state index in [2.05, 4.69) is 34.4 Å². The minimum Gasteiger partial charge on any atom is -0.370 e. The Morgan fingerprint density at radius 1 is 1.05 bits per heavy atom. The van der Waals surface area contributed by atoms with Gasteiger partial charge in [-0.2, -0.15) is 0 Å². The number of hydrogen-bond donors (Lipinski definition) is 2. The molecule has 1 aromatic rings. The van der Waals surface area contributed by atoms with Crippen molar-refractivity contribution in [3.05, 3.63) is 11.4 Å². The second kappa shape index (κ2) is 6.20. The van der Waals surface area contributed by atoms with E-state index in [-0.39, 0.29) is 0 Å². The van der Waals surface area contributed by atoms with Crippen LogP contribution in [0.4, 0.5) is 11.6 Å². The minimum absolute atomic E-state index is 0.842. The maximum absolute atomic E-state index is 4.60. The smallest absolute Gasteiger partial charge is 0.134 e. The molecule has 21 heavy (non-hydrogen) atoms. The first-order valence-electron chi connectivity index (χ1n) is 8.50. The summed E-state index contributed by atoms with van der Waals surface area (Å²) in [6.45, 7) is 8.29. The summed E-state index contributed by atoms with van der Waals surface area (Å²) in [5, 5.41) is 7.01. The maximum Gasteiger partial charge on any atom is 0.134 e. The van der Waals surface area contributed by atoms with E-state index in [0.29, 0.717) is 0 Å². The van der Waals surface area contributed by atoms with Crippen LogP contribution < -0.4 is 10.6 Å². The number of nitrogens with one attached hydrogen (secondary N) is 2. The van der Waals surface area contributed by atoms with Gasteiger partial charge in [0.15, 0.2) is 0 Å². The SMILES string of the molecule is CCCNc1nc(C)nc(NCC2CC3CCC2C3)c1C. The number of anilines is 2. The molecule has 2 saturated carbocycles. The first-order chi connectivity index (χ1) is 10.2. The largest absolute Gasteiger partial charge is 0.370 e. The monoisotopic (exact) mass is 288 g/mol. The van der Waals surface area contributed by atoms with Gasteiger partial charge in [-0.15, -0.1) is 0 Å². The first-order valence-corrected chi connectivity index (χ1v) is 8.50. The Balaban J connectivity index is 1.65. The highest BCUT2D eigenvalue weighted by Gasteiger charge is 2.39. The number of nitrogens with zero attached hydrogens (tertiary/aromatic N) is 2. The molecule has 0 amide bonds. The second-order valence-electron chi connectivity index (χ2n) is 6.84. The fourth-order valence-corrected chi connectivity index (χ4v) is 4.07. The Bertz CT molecular complexity index is 500. The van der Waals surface area contributed by atoms with Crippen LogP contribution in [0.1, 0.15) is 50.4 Å². The molecule has 3 rings (SSSR count). The predicted octanol–water partition coefficient (Wildman–Crippen LogP) is 3.76. The van der Waals surface area contributed by atoms with Crippen LogP contribution in [0.5, 0.6) is 0 Å². The Labute approximate surface area is 128 Å². The number of hydrogen-bond acceptors (Lipinski definition) is 4. The summed E-state index contributed by atoms with van der Waals surface area (Å²) in [5.41, 5.74) is 1.15. The molecule has 4 nitrogen and oxygen atoms in total. The number of fused-ring (bicyclic) bond motifs is 2. The van der Waals surface area contributed by atoms with E-state index in [1.165, 1.54) is 25.7 Å². The van der Waals surface area contributed by atoms with Gasteiger partial charge in [-0.3, -0.25) is 0 Å². The molecule has 0 radical (unpaired) electrons. The zero-order valence-corrected chi connectivity index (χ0v) is 13.6. The van der Waals surface area contributed by atoms with E-state index in [4.69, 9.17) is 0 Å². The fraction of sp³-hybridized carbons (Fsp3) is 0.765. The van der Waals surface area contributed by atoms with Crippen LogP contribution in [0, 0.1) is 31.6 Å². The van der Waals surface area contributed by atoms with Crippen molar-refractivity contribution in [1.82, 2.24) is 9.97 Å². The fourth-order valence-electron chi connectivity index (χ4n) is 4.07. The molecule has 3 unspecified atom stereocenters. The normalized spacial score (nSPS) is 27.1. The third-order valence-corrected chi connectivity index (χ3v) is 5.22. The minimum atomic E-state index is 0.842. The Morgan fingerprint density at radius 2 is 1.81 bits per heavy atom. The Kier molecular flexibility index (Phi) is 4.32. The summed E-state index contributed by atoms with van der Waals surface area (Å²) in [7, 11) is 0. The molecule has 0 aliphatic heterocycles. The van der Waals surface area contributed by atoms with Crippen LogP contribution in [0.2, 0.25) is 0 Å². The van der Waals surface area contributed by atoms with Crippen molar-refractivity contribution in [2.24, 2.45) is 17.8 Å². The summed E-state index contributed by atoms with van der Waals surface area (Å²) in [4.78, 5) is 9.13. The van der Waals surface area contributed by atoms with Gasteiger partial charge in [0.25, 0.3) is 0 Å². The first kappa shape index (κ1) is 14.6. The second-order valence-corrected chi connectivity index (χ2v) is 6.84. The van der Waals surface area contributed by atoms with Crippen LogP contribution >= 0.6 is 0 Å². The zero-order valence-electron chi connectivity index (χ0n) is 13.6. The van der Waals surface area contributed by atoms with E-state index in [1.807, 2.05) is 6.92 Å². The third-order valence-electron chi connectivity index (χ3n) is 5.22. The van der Waals surface area contributed by atoms with Crippen molar-refractivity contribution in [3.63, 3.8) is 0 Å². The highest BCUT2D eigenvalue weighted by atomic mass is 15.1. The zero-order chi connectivity index (χ0) is 14.8. The molecule has 2 N–H and O–H groups in total. The van der Waals surface area contributed by atoms with E-state index in [0.717, 1.165) is 60.3 Å². The molecule has 4 heteroatoms. The molecule has 0 saturated heterocycles. The topological polar surface area (TPSA) is 49.8 Å². The summed E-state index contributed by atoms with van der Waals surface area (Å²) in [6.07, 6.45) is 6.91. The van der Waals surface area contributed by atoms with Crippen LogP contribution in [0.25, 0.3) is 0 Å². The van der Waals surface area contributed by atoms with Crippen LogP contribution in [-0.4, -0.2) is 23.1 Å². The lowest BCUT2D eigenvalue weighted by molar-refractivity contribution is 0.348. The Morgan fingerprint density at radius 3 is 2.43 bits per heavy atom. The average Bonchev–Trinajstić information content (AvgIpc) is 3.08. The van der Waals surface area contributed by atoms with Gasteiger partial charge in [-0.05, 0) is 57.3 Å².